The fourth-order valence-electron chi connectivity index (χ4n) is 5.74. The predicted octanol–water partition coefficient (Wildman–Crippen LogP) is 9.69. The molecular formula is C35H29F6NO4. The maximum absolute atomic E-state index is 13.9. The summed E-state index contributed by atoms with van der Waals surface area (Å²) in [6, 6.07) is 16.9. The third-order valence-electron chi connectivity index (χ3n) is 8.10. The van der Waals surface area contributed by atoms with E-state index >= 15 is 0 Å². The molecule has 0 radical (unpaired) electrons. The molecule has 1 aliphatic rings. The second kappa shape index (κ2) is 12.2. The average Bonchev–Trinajstić information content (AvgIpc) is 3.35. The zero-order valence-corrected chi connectivity index (χ0v) is 25.2. The molecule has 4 aromatic rings. The number of aryl methyl sites for hydroxylation is 2. The monoisotopic (exact) mass is 641 g/mol. The largest absolute Gasteiger partial charge is 0.496 e. The molecule has 0 spiro atoms. The highest BCUT2D eigenvalue weighted by atomic mass is 19.4. The first kappa shape index (κ1) is 32.6. The number of rotatable bonds is 7. The number of hydrogen-bond acceptors (Lipinski definition) is 4. The molecule has 4 aromatic carbocycles. The van der Waals surface area contributed by atoms with E-state index in [0.29, 0.717) is 39.3 Å². The Morgan fingerprint density at radius 2 is 1.54 bits per heavy atom. The fraction of sp³-hybridized carbons (Fsp3) is 0.257. The Balaban J connectivity index is 1.56. The van der Waals surface area contributed by atoms with Crippen molar-refractivity contribution in [1.82, 2.24) is 0 Å². The lowest BCUT2D eigenvalue weighted by Gasteiger charge is -2.20. The molecule has 0 aliphatic carbocycles. The van der Waals surface area contributed by atoms with Crippen LogP contribution in [-0.4, -0.2) is 23.9 Å². The number of ether oxygens (including phenoxy) is 1. The third-order valence-corrected chi connectivity index (χ3v) is 8.10. The molecule has 1 aliphatic heterocycles. The Bertz CT molecular complexity index is 1840. The first-order chi connectivity index (χ1) is 21.6. The van der Waals surface area contributed by atoms with Crippen molar-refractivity contribution in [2.75, 3.05) is 7.11 Å². The van der Waals surface area contributed by atoms with E-state index in [1.807, 2.05) is 0 Å². The van der Waals surface area contributed by atoms with Gasteiger partial charge >= 0.3 is 18.3 Å². The van der Waals surface area contributed by atoms with Crippen LogP contribution in [0.1, 0.15) is 56.8 Å². The lowest BCUT2D eigenvalue weighted by molar-refractivity contribution is -0.138. The van der Waals surface area contributed by atoms with Crippen LogP contribution in [0.15, 0.2) is 78.0 Å². The number of aromatic carboxylic acids is 1. The molecule has 1 N–H and O–H groups in total. The SMILES string of the molecule is COc1ccc(-c2ccc(C(=O)O)cc2C)cc1-c1ccc(C(F)(F)F)cc1CC1=NO[C@@H](c2cc(C)cc(C(F)(F)F)c2)[C@H]1C. The summed E-state index contributed by atoms with van der Waals surface area (Å²) in [6.45, 7) is 5.01. The van der Waals surface area contributed by atoms with Crippen molar-refractivity contribution in [2.45, 2.75) is 45.6 Å². The van der Waals surface area contributed by atoms with Crippen molar-refractivity contribution in [2.24, 2.45) is 11.1 Å². The van der Waals surface area contributed by atoms with Crippen molar-refractivity contribution in [3.05, 3.63) is 112 Å². The Hall–Kier alpha value is -4.80. The van der Waals surface area contributed by atoms with Crippen molar-refractivity contribution in [1.29, 1.82) is 0 Å². The van der Waals surface area contributed by atoms with Gasteiger partial charge in [-0.1, -0.05) is 41.9 Å². The number of hydrogen-bond donors (Lipinski definition) is 1. The normalized spacial score (nSPS) is 16.6. The Morgan fingerprint density at radius 3 is 2.17 bits per heavy atom. The lowest BCUT2D eigenvalue weighted by Crippen LogP contribution is -2.17. The molecule has 0 amide bonds. The highest BCUT2D eigenvalue weighted by molar-refractivity contribution is 5.92. The highest BCUT2D eigenvalue weighted by Crippen LogP contribution is 2.42. The van der Waals surface area contributed by atoms with Gasteiger partial charge in [-0.3, -0.25) is 0 Å². The molecule has 0 aromatic heterocycles. The maximum Gasteiger partial charge on any atom is 0.416 e. The molecule has 5 nitrogen and oxygen atoms in total. The minimum atomic E-state index is -4.64. The van der Waals surface area contributed by atoms with Crippen molar-refractivity contribution in [3.63, 3.8) is 0 Å². The summed E-state index contributed by atoms with van der Waals surface area (Å²) in [7, 11) is 1.44. The van der Waals surface area contributed by atoms with Gasteiger partial charge in [0, 0.05) is 17.9 Å². The number of benzene rings is 4. The maximum atomic E-state index is 13.9. The van der Waals surface area contributed by atoms with Crippen molar-refractivity contribution < 1.29 is 45.8 Å². The summed E-state index contributed by atoms with van der Waals surface area (Å²) in [6.07, 6.45) is -10.1. The van der Waals surface area contributed by atoms with Gasteiger partial charge in [-0.25, -0.2) is 4.79 Å². The number of nitrogens with zero attached hydrogens (tertiary/aromatic N) is 1. The van der Waals surface area contributed by atoms with Gasteiger partial charge in [-0.2, -0.15) is 26.3 Å². The van der Waals surface area contributed by atoms with Crippen molar-refractivity contribution >= 4 is 11.7 Å². The summed E-state index contributed by atoms with van der Waals surface area (Å²) >= 11 is 0. The van der Waals surface area contributed by atoms with E-state index in [4.69, 9.17) is 9.57 Å². The number of carboxylic acids is 1. The van der Waals surface area contributed by atoms with Crippen LogP contribution in [0.5, 0.6) is 5.75 Å². The summed E-state index contributed by atoms with van der Waals surface area (Å²) in [5, 5.41) is 13.5. The Morgan fingerprint density at radius 1 is 0.848 bits per heavy atom. The first-order valence-electron chi connectivity index (χ1n) is 14.2. The molecule has 1 heterocycles. The highest BCUT2D eigenvalue weighted by Gasteiger charge is 2.37. The second-order valence-corrected chi connectivity index (χ2v) is 11.3. The van der Waals surface area contributed by atoms with Gasteiger partial charge in [0.15, 0.2) is 6.10 Å². The molecule has 5 rings (SSSR count). The average molecular weight is 642 g/mol. The minimum absolute atomic E-state index is 0.0748. The summed E-state index contributed by atoms with van der Waals surface area (Å²) < 4.78 is 87.8. The van der Waals surface area contributed by atoms with E-state index in [1.165, 1.54) is 25.3 Å². The predicted molar refractivity (Wildman–Crippen MR) is 161 cm³/mol. The van der Waals surface area contributed by atoms with E-state index in [2.05, 4.69) is 5.16 Å². The molecule has 0 bridgehead atoms. The number of carbonyl (C=O) groups is 1. The van der Waals surface area contributed by atoms with Gasteiger partial charge in [0.1, 0.15) is 5.75 Å². The van der Waals surface area contributed by atoms with Crippen LogP contribution >= 0.6 is 0 Å². The zero-order valence-electron chi connectivity index (χ0n) is 25.2. The molecule has 11 heteroatoms. The van der Waals surface area contributed by atoms with Crippen LogP contribution in [0.25, 0.3) is 22.3 Å². The zero-order chi connectivity index (χ0) is 33.6. The molecule has 0 saturated heterocycles. The second-order valence-electron chi connectivity index (χ2n) is 11.3. The van der Waals surface area contributed by atoms with E-state index in [-0.39, 0.29) is 23.1 Å². The van der Waals surface area contributed by atoms with E-state index < -0.39 is 41.5 Å². The smallest absolute Gasteiger partial charge is 0.416 e. The van der Waals surface area contributed by atoms with Crippen LogP contribution < -0.4 is 4.74 Å². The molecule has 0 saturated carbocycles. The van der Waals surface area contributed by atoms with Crippen LogP contribution in [-0.2, 0) is 23.6 Å². The van der Waals surface area contributed by atoms with Crippen LogP contribution in [0, 0.1) is 19.8 Å². The summed E-state index contributed by atoms with van der Waals surface area (Å²) in [5.74, 6) is -1.23. The molecule has 0 unspecified atom stereocenters. The number of methoxy groups -OCH3 is 1. The van der Waals surface area contributed by atoms with E-state index in [0.717, 1.165) is 29.8 Å². The quantitative estimate of drug-likeness (QED) is 0.204. The van der Waals surface area contributed by atoms with Gasteiger partial charge in [0.25, 0.3) is 0 Å². The first-order valence-corrected chi connectivity index (χ1v) is 14.2. The molecule has 2 atom stereocenters. The minimum Gasteiger partial charge on any atom is -0.496 e. The third kappa shape index (κ3) is 6.59. The van der Waals surface area contributed by atoms with Crippen molar-refractivity contribution in [3.8, 4) is 28.0 Å². The van der Waals surface area contributed by atoms with Gasteiger partial charge < -0.3 is 14.7 Å². The lowest BCUT2D eigenvalue weighted by atomic mass is 9.86. The molecular weight excluding hydrogens is 612 g/mol. The van der Waals surface area contributed by atoms with Crippen LogP contribution in [0.3, 0.4) is 0 Å². The van der Waals surface area contributed by atoms with Gasteiger partial charge in [0.2, 0.25) is 0 Å². The van der Waals surface area contributed by atoms with Gasteiger partial charge in [-0.05, 0) is 95.8 Å². The topological polar surface area (TPSA) is 68.1 Å². The van der Waals surface area contributed by atoms with Crippen LogP contribution in [0.2, 0.25) is 0 Å². The molecule has 46 heavy (non-hydrogen) atoms. The van der Waals surface area contributed by atoms with Gasteiger partial charge in [-0.15, -0.1) is 0 Å². The Kier molecular flexibility index (Phi) is 8.63. The molecule has 0 fully saturated rings. The standard InChI is InChI=1S/C35H29F6NO4/c1-18-11-24(15-26(12-18)35(39,40)41)32-20(3)30(42-46-32)17-23-14-25(34(36,37)38)7-9-28(23)29-16-21(6-10-31(29)45-4)27-8-5-22(33(43)44)13-19(27)2/h5-16,20,32H,17H2,1-4H3,(H,43,44)/t20-,32+/m0/s1. The summed E-state index contributed by atoms with van der Waals surface area (Å²) in [4.78, 5) is 17.0. The molecule has 240 valence electrons. The summed E-state index contributed by atoms with van der Waals surface area (Å²) in [5.41, 5.74) is 2.71. The number of alkyl halides is 6. The fourth-order valence-corrected chi connectivity index (χ4v) is 5.74. The number of carboxylic acid groups (broad SMARTS) is 1. The van der Waals surface area contributed by atoms with E-state index in [9.17, 15) is 36.2 Å². The number of halogens is 6. The Labute approximate surface area is 261 Å². The number of oxime groups is 1. The van der Waals surface area contributed by atoms with Gasteiger partial charge in [0.05, 0.1) is 29.5 Å². The van der Waals surface area contributed by atoms with Crippen LogP contribution in [0.4, 0.5) is 26.3 Å². The van der Waals surface area contributed by atoms with E-state index in [1.54, 1.807) is 51.1 Å².